The molecule has 0 aromatic rings. The highest BCUT2D eigenvalue weighted by Gasteiger charge is 2.28. The molecule has 0 aromatic carbocycles. The average molecular weight is 278 g/mol. The number of hydrogen-bond acceptors (Lipinski definition) is 4. The fourth-order valence-electron chi connectivity index (χ4n) is 1.12. The van der Waals surface area contributed by atoms with Gasteiger partial charge in [0.1, 0.15) is 5.78 Å². The molecular formula is C6H20N2O6P2. The molecule has 0 aliphatic carbocycles. The molecule has 16 heavy (non-hydrogen) atoms. The van der Waals surface area contributed by atoms with E-state index >= 15 is 0 Å². The summed E-state index contributed by atoms with van der Waals surface area (Å²) < 4.78 is 21.4. The van der Waals surface area contributed by atoms with Crippen LogP contribution in [0.4, 0.5) is 0 Å². The Morgan fingerprint density at radius 1 is 1.19 bits per heavy atom. The Balaban J connectivity index is 0. The molecule has 0 heterocycles. The van der Waals surface area contributed by atoms with Gasteiger partial charge < -0.3 is 31.0 Å². The maximum Gasteiger partial charge on any atom is 0.342 e. The summed E-state index contributed by atoms with van der Waals surface area (Å²) in [4.78, 5) is 34.9. The fraction of sp³-hybridized carbons (Fsp3) is 1.00. The monoisotopic (exact) mass is 278 g/mol. The van der Waals surface area contributed by atoms with Gasteiger partial charge in [-0.1, -0.05) is 6.92 Å². The first-order valence-electron chi connectivity index (χ1n) is 4.50. The lowest BCUT2D eigenvalue weighted by molar-refractivity contribution is 0.338. The lowest BCUT2D eigenvalue weighted by Gasteiger charge is -2.18. The first kappa shape index (κ1) is 18.6. The SMILES string of the molecule is CCNC(CCCP(=O)(O)O)P(=O)(O)O.N. The van der Waals surface area contributed by atoms with Crippen LogP contribution in [0.25, 0.3) is 0 Å². The van der Waals surface area contributed by atoms with Crippen LogP contribution in [0.15, 0.2) is 0 Å². The third kappa shape index (κ3) is 9.45. The van der Waals surface area contributed by atoms with E-state index in [2.05, 4.69) is 5.32 Å². The standard InChI is InChI=1S/C6H17NO6P2.H3N/c1-2-7-6(15(11,12)13)4-3-5-14(8,9)10;/h6-7H,2-5H2,1H3,(H2,8,9,10)(H2,11,12,13);1H3. The number of hydrogen-bond donors (Lipinski definition) is 6. The summed E-state index contributed by atoms with van der Waals surface area (Å²) in [5, 5.41) is 2.59. The van der Waals surface area contributed by atoms with E-state index < -0.39 is 21.0 Å². The van der Waals surface area contributed by atoms with Gasteiger partial charge in [-0.25, -0.2) is 0 Å². The van der Waals surface area contributed by atoms with Crippen molar-refractivity contribution in [2.75, 3.05) is 12.7 Å². The van der Waals surface area contributed by atoms with E-state index in [0.29, 0.717) is 6.54 Å². The van der Waals surface area contributed by atoms with E-state index in [1.807, 2.05) is 0 Å². The van der Waals surface area contributed by atoms with E-state index in [1.54, 1.807) is 6.92 Å². The van der Waals surface area contributed by atoms with Crippen molar-refractivity contribution in [1.82, 2.24) is 11.5 Å². The second-order valence-corrected chi connectivity index (χ2v) is 6.77. The predicted octanol–water partition coefficient (Wildman–Crippen LogP) is 0.220. The van der Waals surface area contributed by atoms with Crippen molar-refractivity contribution in [2.45, 2.75) is 25.5 Å². The Bertz CT molecular complexity index is 274. The second kappa shape index (κ2) is 7.53. The van der Waals surface area contributed by atoms with Gasteiger partial charge in [-0.15, -0.1) is 0 Å². The Morgan fingerprint density at radius 2 is 1.69 bits per heavy atom. The van der Waals surface area contributed by atoms with Crippen LogP contribution in [0.5, 0.6) is 0 Å². The summed E-state index contributed by atoms with van der Waals surface area (Å²) in [5.74, 6) is -1.02. The van der Waals surface area contributed by atoms with Gasteiger partial charge in [-0.2, -0.15) is 0 Å². The fourth-order valence-corrected chi connectivity index (χ4v) is 2.65. The van der Waals surface area contributed by atoms with Gasteiger partial charge in [0.25, 0.3) is 0 Å². The molecule has 0 spiro atoms. The summed E-state index contributed by atoms with van der Waals surface area (Å²) in [6.45, 7) is 2.09. The summed E-state index contributed by atoms with van der Waals surface area (Å²) in [5.41, 5.74) is 0. The van der Waals surface area contributed by atoms with Gasteiger partial charge >= 0.3 is 15.2 Å². The van der Waals surface area contributed by atoms with Crippen LogP contribution in [0.2, 0.25) is 0 Å². The van der Waals surface area contributed by atoms with E-state index in [9.17, 15) is 9.13 Å². The molecule has 1 atom stereocenters. The van der Waals surface area contributed by atoms with Crippen molar-refractivity contribution in [1.29, 1.82) is 0 Å². The molecule has 0 fully saturated rings. The highest BCUT2D eigenvalue weighted by atomic mass is 31.2. The van der Waals surface area contributed by atoms with Gasteiger partial charge in [0.15, 0.2) is 0 Å². The lowest BCUT2D eigenvalue weighted by atomic mass is 10.3. The lowest BCUT2D eigenvalue weighted by Crippen LogP contribution is -2.28. The summed E-state index contributed by atoms with van der Waals surface area (Å²) >= 11 is 0. The maximum atomic E-state index is 10.9. The van der Waals surface area contributed by atoms with Crippen LogP contribution in [0.3, 0.4) is 0 Å². The quantitative estimate of drug-likeness (QED) is 0.360. The summed E-state index contributed by atoms with van der Waals surface area (Å²) in [6.07, 6.45) is -0.231. The summed E-state index contributed by atoms with van der Waals surface area (Å²) in [7, 11) is -8.31. The normalized spacial score (nSPS) is 14.3. The third-order valence-electron chi connectivity index (χ3n) is 1.77. The van der Waals surface area contributed by atoms with Crippen LogP contribution in [0, 0.1) is 0 Å². The molecule has 8 nitrogen and oxygen atoms in total. The van der Waals surface area contributed by atoms with Crippen LogP contribution >= 0.6 is 15.2 Å². The predicted molar refractivity (Wildman–Crippen MR) is 60.7 cm³/mol. The number of nitrogens with one attached hydrogen (secondary N) is 1. The smallest absolute Gasteiger partial charge is 0.342 e. The Labute approximate surface area is 94.4 Å². The minimum absolute atomic E-state index is 0. The average Bonchev–Trinajstić information content (AvgIpc) is 1.98. The highest BCUT2D eigenvalue weighted by molar-refractivity contribution is 7.52. The Hall–Kier alpha value is 0.220. The summed E-state index contributed by atoms with van der Waals surface area (Å²) in [6, 6.07) is 0. The third-order valence-corrected chi connectivity index (χ3v) is 3.92. The minimum atomic E-state index is -4.24. The molecule has 0 amide bonds. The molecule has 1 unspecified atom stereocenters. The molecule has 10 heteroatoms. The van der Waals surface area contributed by atoms with Gasteiger partial charge in [-0.05, 0) is 19.4 Å². The van der Waals surface area contributed by atoms with Gasteiger partial charge in [0, 0.05) is 6.16 Å². The largest absolute Gasteiger partial charge is 0.344 e. The van der Waals surface area contributed by atoms with E-state index in [4.69, 9.17) is 19.6 Å². The van der Waals surface area contributed by atoms with Crippen molar-refractivity contribution in [3.63, 3.8) is 0 Å². The molecule has 0 rings (SSSR count). The van der Waals surface area contributed by atoms with Gasteiger partial charge in [0.05, 0.1) is 0 Å². The van der Waals surface area contributed by atoms with Crippen molar-refractivity contribution in [3.8, 4) is 0 Å². The first-order chi connectivity index (χ1) is 6.67. The zero-order valence-electron chi connectivity index (χ0n) is 9.11. The van der Waals surface area contributed by atoms with Gasteiger partial charge in [0.2, 0.25) is 0 Å². The van der Waals surface area contributed by atoms with E-state index in [0.717, 1.165) is 0 Å². The first-order valence-corrected chi connectivity index (χ1v) is 7.98. The zero-order valence-corrected chi connectivity index (χ0v) is 10.9. The molecular weight excluding hydrogens is 258 g/mol. The van der Waals surface area contributed by atoms with E-state index in [1.165, 1.54) is 0 Å². The van der Waals surface area contributed by atoms with Crippen LogP contribution in [-0.2, 0) is 9.13 Å². The van der Waals surface area contributed by atoms with E-state index in [-0.39, 0.29) is 25.2 Å². The van der Waals surface area contributed by atoms with Crippen LogP contribution < -0.4 is 11.5 Å². The minimum Gasteiger partial charge on any atom is -0.344 e. The number of rotatable bonds is 7. The van der Waals surface area contributed by atoms with Crippen molar-refractivity contribution in [2.24, 2.45) is 0 Å². The molecule has 100 valence electrons. The molecule has 0 aliphatic rings. The zero-order chi connectivity index (χ0) is 12.1. The molecule has 0 bridgehead atoms. The maximum absolute atomic E-state index is 10.9. The molecule has 0 aliphatic heterocycles. The highest BCUT2D eigenvalue weighted by Crippen LogP contribution is 2.43. The van der Waals surface area contributed by atoms with Crippen molar-refractivity contribution >= 4 is 15.2 Å². The van der Waals surface area contributed by atoms with Crippen molar-refractivity contribution in [3.05, 3.63) is 0 Å². The van der Waals surface area contributed by atoms with Crippen LogP contribution in [-0.4, -0.2) is 38.1 Å². The van der Waals surface area contributed by atoms with Gasteiger partial charge in [-0.3, -0.25) is 9.13 Å². The molecule has 0 saturated carbocycles. The Kier molecular flexibility index (Phi) is 8.74. The topological polar surface area (TPSA) is 162 Å². The molecule has 0 saturated heterocycles. The second-order valence-electron chi connectivity index (χ2n) is 3.19. The molecule has 0 aromatic heterocycles. The van der Waals surface area contributed by atoms with Crippen molar-refractivity contribution < 1.29 is 28.7 Å². The Morgan fingerprint density at radius 3 is 2.00 bits per heavy atom. The molecule has 0 radical (unpaired) electrons. The van der Waals surface area contributed by atoms with Crippen LogP contribution in [0.1, 0.15) is 19.8 Å². The molecule has 8 N–H and O–H groups in total.